The Morgan fingerprint density at radius 1 is 1.23 bits per heavy atom. The fourth-order valence-corrected chi connectivity index (χ4v) is 3.72. The fourth-order valence-electron chi connectivity index (χ4n) is 3.72. The number of aromatic nitrogens is 3. The first kappa shape index (κ1) is 19.8. The molecule has 0 aliphatic carbocycles. The smallest absolute Gasteiger partial charge is 0.226 e. The number of hydrazone groups is 1. The number of aryl methyl sites for hydroxylation is 2. The van der Waals surface area contributed by atoms with Gasteiger partial charge in [0.1, 0.15) is 17.4 Å². The molecule has 1 N–H and O–H groups in total. The van der Waals surface area contributed by atoms with E-state index in [4.69, 9.17) is 4.74 Å². The molecule has 0 unspecified atom stereocenters. The molecule has 154 valence electrons. The number of pyridine rings is 1. The Morgan fingerprint density at radius 2 is 2.03 bits per heavy atom. The van der Waals surface area contributed by atoms with Crippen molar-refractivity contribution in [1.82, 2.24) is 14.5 Å². The van der Waals surface area contributed by atoms with E-state index in [1.54, 1.807) is 16.8 Å². The van der Waals surface area contributed by atoms with Crippen LogP contribution >= 0.6 is 0 Å². The summed E-state index contributed by atoms with van der Waals surface area (Å²) >= 11 is 0. The molecule has 1 aliphatic rings. The van der Waals surface area contributed by atoms with E-state index in [1.165, 1.54) is 6.07 Å². The zero-order valence-corrected chi connectivity index (χ0v) is 17.2. The van der Waals surface area contributed by atoms with Crippen molar-refractivity contribution in [2.24, 2.45) is 17.1 Å². The first-order chi connectivity index (χ1) is 14.5. The molecule has 2 aromatic heterocycles. The van der Waals surface area contributed by atoms with Crippen LogP contribution < -0.4 is 15.8 Å². The van der Waals surface area contributed by atoms with Crippen LogP contribution in [0.3, 0.4) is 0 Å². The Morgan fingerprint density at radius 3 is 2.80 bits per heavy atom. The number of rotatable bonds is 5. The molecule has 1 aliphatic heterocycles. The summed E-state index contributed by atoms with van der Waals surface area (Å²) in [6, 6.07) is 5.11. The van der Waals surface area contributed by atoms with E-state index in [1.807, 2.05) is 33.2 Å². The number of nitrogens with zero attached hydrogens (tertiary/aromatic N) is 5. The summed E-state index contributed by atoms with van der Waals surface area (Å²) < 4.78 is 21.7. The van der Waals surface area contributed by atoms with E-state index in [0.717, 1.165) is 33.7 Å². The Labute approximate surface area is 174 Å². The normalized spacial score (nSPS) is 13.1. The van der Waals surface area contributed by atoms with Crippen molar-refractivity contribution in [1.29, 1.82) is 0 Å². The zero-order chi connectivity index (χ0) is 21.3. The van der Waals surface area contributed by atoms with Gasteiger partial charge >= 0.3 is 0 Å². The summed E-state index contributed by atoms with van der Waals surface area (Å²) in [6.07, 6.45) is 4.22. The van der Waals surface area contributed by atoms with E-state index >= 15 is 0 Å². The zero-order valence-electron chi connectivity index (χ0n) is 17.2. The maximum atomic E-state index is 14.4. The van der Waals surface area contributed by atoms with Gasteiger partial charge in [0.2, 0.25) is 5.62 Å². The van der Waals surface area contributed by atoms with Crippen molar-refractivity contribution in [3.05, 3.63) is 64.4 Å². The first-order valence-electron chi connectivity index (χ1n) is 9.64. The lowest BCUT2D eigenvalue weighted by Gasteiger charge is -2.15. The highest BCUT2D eigenvalue weighted by Gasteiger charge is 2.19. The molecule has 0 atom stereocenters. The molecule has 3 heterocycles. The molecule has 7 nitrogen and oxygen atoms in total. The lowest BCUT2D eigenvalue weighted by molar-refractivity contribution is 0.356. The molecule has 8 heteroatoms. The van der Waals surface area contributed by atoms with E-state index in [0.29, 0.717) is 30.0 Å². The van der Waals surface area contributed by atoms with Gasteiger partial charge in [0.05, 0.1) is 13.2 Å². The van der Waals surface area contributed by atoms with Crippen LogP contribution in [0.5, 0.6) is 5.75 Å². The van der Waals surface area contributed by atoms with Gasteiger partial charge in [-0.2, -0.15) is 5.10 Å². The number of hydrogen-bond donors (Lipinski definition) is 1. The van der Waals surface area contributed by atoms with Gasteiger partial charge in [0.25, 0.3) is 0 Å². The summed E-state index contributed by atoms with van der Waals surface area (Å²) in [5, 5.41) is 3.83. The summed E-state index contributed by atoms with van der Waals surface area (Å²) in [6.45, 7) is 8.25. The molecular weight excluding hydrogens is 383 g/mol. The monoisotopic (exact) mass is 406 g/mol. The minimum atomic E-state index is -0.283. The first-order valence-corrected chi connectivity index (χ1v) is 9.64. The second-order valence-corrected chi connectivity index (χ2v) is 7.21. The Kier molecular flexibility index (Phi) is 5.31. The van der Waals surface area contributed by atoms with Crippen LogP contribution in [0.1, 0.15) is 22.4 Å². The third-order valence-electron chi connectivity index (χ3n) is 5.24. The van der Waals surface area contributed by atoms with Crippen molar-refractivity contribution in [2.45, 2.75) is 26.8 Å². The summed E-state index contributed by atoms with van der Waals surface area (Å²) in [7, 11) is 1.83. The third-order valence-corrected chi connectivity index (χ3v) is 5.24. The maximum Gasteiger partial charge on any atom is 0.226 e. The molecule has 4 rings (SSSR count). The van der Waals surface area contributed by atoms with Gasteiger partial charge in [0.15, 0.2) is 0 Å². The van der Waals surface area contributed by atoms with E-state index < -0.39 is 0 Å². The second-order valence-electron chi connectivity index (χ2n) is 7.21. The third kappa shape index (κ3) is 3.56. The molecule has 0 radical (unpaired) electrons. The van der Waals surface area contributed by atoms with Gasteiger partial charge in [-0.15, -0.1) is 0 Å². The lowest BCUT2D eigenvalue weighted by Crippen LogP contribution is -2.25. The number of ether oxygens (including phenoxy) is 1. The SMILES string of the molecule is C=NNc1c(-c2cnc(C)cc2C)cnc(=NCc2c(F)ccc3c2CCO3)n1C. The van der Waals surface area contributed by atoms with Gasteiger partial charge in [-0.1, -0.05) is 0 Å². The van der Waals surface area contributed by atoms with Crippen LogP contribution in [-0.4, -0.2) is 27.9 Å². The number of fused-ring (bicyclic) bond motifs is 1. The van der Waals surface area contributed by atoms with E-state index in [-0.39, 0.29) is 12.4 Å². The molecular formula is C22H23FN6O. The molecule has 0 saturated heterocycles. The fraction of sp³-hybridized carbons (Fsp3) is 0.273. The topological polar surface area (TPSA) is 76.7 Å². The quantitative estimate of drug-likeness (QED) is 0.521. The second kappa shape index (κ2) is 8.06. The van der Waals surface area contributed by atoms with Crippen LogP contribution in [0.25, 0.3) is 11.1 Å². The number of nitrogens with one attached hydrogen (secondary N) is 1. The lowest BCUT2D eigenvalue weighted by atomic mass is 10.0. The van der Waals surface area contributed by atoms with Crippen molar-refractivity contribution < 1.29 is 9.13 Å². The minimum absolute atomic E-state index is 0.171. The highest BCUT2D eigenvalue weighted by Crippen LogP contribution is 2.31. The minimum Gasteiger partial charge on any atom is -0.493 e. The van der Waals surface area contributed by atoms with Crippen LogP contribution in [0.4, 0.5) is 10.2 Å². The van der Waals surface area contributed by atoms with E-state index in [2.05, 4.69) is 32.2 Å². The summed E-state index contributed by atoms with van der Waals surface area (Å²) in [5.41, 5.74) is 8.58. The van der Waals surface area contributed by atoms with Crippen LogP contribution in [0.15, 0.2) is 40.7 Å². The van der Waals surface area contributed by atoms with E-state index in [9.17, 15) is 4.39 Å². The summed E-state index contributed by atoms with van der Waals surface area (Å²) in [5.74, 6) is 1.12. The average Bonchev–Trinajstić information content (AvgIpc) is 3.19. The van der Waals surface area contributed by atoms with Crippen molar-refractivity contribution in [2.75, 3.05) is 12.0 Å². The highest BCUT2D eigenvalue weighted by molar-refractivity contribution is 5.76. The molecule has 0 fully saturated rings. The highest BCUT2D eigenvalue weighted by atomic mass is 19.1. The molecule has 30 heavy (non-hydrogen) atoms. The molecule has 0 bridgehead atoms. The van der Waals surface area contributed by atoms with Crippen LogP contribution in [0.2, 0.25) is 0 Å². The van der Waals surface area contributed by atoms with Crippen LogP contribution in [0, 0.1) is 19.7 Å². The predicted molar refractivity (Wildman–Crippen MR) is 114 cm³/mol. The van der Waals surface area contributed by atoms with Gasteiger partial charge in [-0.25, -0.2) is 14.4 Å². The summed E-state index contributed by atoms with van der Waals surface area (Å²) in [4.78, 5) is 13.5. The number of anilines is 1. The number of benzene rings is 1. The Hall–Kier alpha value is -3.55. The van der Waals surface area contributed by atoms with Crippen molar-refractivity contribution in [3.63, 3.8) is 0 Å². The molecule has 3 aromatic rings. The van der Waals surface area contributed by atoms with Gasteiger partial charge < -0.3 is 4.74 Å². The molecule has 1 aromatic carbocycles. The largest absolute Gasteiger partial charge is 0.493 e. The van der Waals surface area contributed by atoms with Crippen molar-refractivity contribution in [3.8, 4) is 16.9 Å². The Bertz CT molecular complexity index is 1200. The molecule has 0 spiro atoms. The number of halogens is 1. The standard InChI is InChI=1S/C22H23FN6O/c1-13-9-14(2)25-10-16(13)18-12-27-22(29(4)21(18)28-24-3)26-11-17-15-7-8-30-20(15)6-5-19(17)23/h5-6,9-10,12,28H,3,7-8,11H2,1-2,4H3. The van der Waals surface area contributed by atoms with Gasteiger partial charge in [0, 0.05) is 60.5 Å². The average molecular weight is 406 g/mol. The van der Waals surface area contributed by atoms with Crippen LogP contribution in [-0.2, 0) is 20.0 Å². The number of hydrogen-bond acceptors (Lipinski definition) is 6. The maximum absolute atomic E-state index is 14.4. The molecule has 0 saturated carbocycles. The Balaban J connectivity index is 1.78. The van der Waals surface area contributed by atoms with Gasteiger partial charge in [-0.3, -0.25) is 15.0 Å². The van der Waals surface area contributed by atoms with Crippen molar-refractivity contribution >= 4 is 12.5 Å². The van der Waals surface area contributed by atoms with Gasteiger partial charge in [-0.05, 0) is 37.6 Å². The molecule has 0 amide bonds. The predicted octanol–water partition coefficient (Wildman–Crippen LogP) is 3.30.